The molecule has 4 rings (SSSR count). The number of carbonyl (C=O) groups excluding carboxylic acids is 1. The van der Waals surface area contributed by atoms with E-state index in [9.17, 15) is 39.9 Å². The van der Waals surface area contributed by atoms with E-state index in [0.717, 1.165) is 6.07 Å². The van der Waals surface area contributed by atoms with Crippen LogP contribution in [0.5, 0.6) is 0 Å². The zero-order chi connectivity index (χ0) is 29.6. The molecule has 0 saturated heterocycles. The number of amides is 1. The fourth-order valence-corrected chi connectivity index (χ4v) is 9.14. The number of hydrogen-bond donors (Lipinski definition) is 3. The highest BCUT2D eigenvalue weighted by Crippen LogP contribution is 2.54. The summed E-state index contributed by atoms with van der Waals surface area (Å²) in [5.41, 5.74) is -1.99. The molecule has 218 valence electrons. The van der Waals surface area contributed by atoms with Crippen LogP contribution in [-0.4, -0.2) is 51.0 Å². The summed E-state index contributed by atoms with van der Waals surface area (Å²) in [4.78, 5) is 12.4. The van der Waals surface area contributed by atoms with Crippen LogP contribution in [0.3, 0.4) is 0 Å². The molecule has 0 aliphatic heterocycles. The molecule has 2 aliphatic carbocycles. The largest absolute Gasteiger partial charge is 0.388 e. The van der Waals surface area contributed by atoms with Crippen LogP contribution in [0.4, 0.5) is 18.9 Å². The van der Waals surface area contributed by atoms with Gasteiger partial charge in [0.2, 0.25) is 10.0 Å². The van der Waals surface area contributed by atoms with Crippen molar-refractivity contribution in [2.24, 2.45) is 17.8 Å². The van der Waals surface area contributed by atoms with Crippen molar-refractivity contribution in [3.63, 3.8) is 0 Å². The number of aliphatic hydroxyl groups is 1. The fraction of sp³-hybridized carbons (Fsp3) is 0.423. The van der Waals surface area contributed by atoms with Gasteiger partial charge in [0.05, 0.1) is 26.5 Å². The van der Waals surface area contributed by atoms with E-state index in [4.69, 9.17) is 11.6 Å². The van der Waals surface area contributed by atoms with E-state index in [1.54, 1.807) is 0 Å². The van der Waals surface area contributed by atoms with E-state index in [2.05, 4.69) is 16.6 Å². The van der Waals surface area contributed by atoms with Crippen LogP contribution in [-0.2, 0) is 19.9 Å². The Labute approximate surface area is 235 Å². The summed E-state index contributed by atoms with van der Waals surface area (Å²) in [6, 6.07) is 4.66. The minimum atomic E-state index is -4.14. The zero-order valence-electron chi connectivity index (χ0n) is 21.3. The molecule has 2 saturated carbocycles. The number of hydrogen-bond acceptors (Lipinski definition) is 6. The average molecular weight is 621 g/mol. The van der Waals surface area contributed by atoms with E-state index in [1.165, 1.54) is 18.2 Å². The third-order valence-electron chi connectivity index (χ3n) is 7.85. The van der Waals surface area contributed by atoms with Crippen LogP contribution < -0.4 is 10.0 Å². The van der Waals surface area contributed by atoms with Gasteiger partial charge in [0.25, 0.3) is 5.91 Å². The van der Waals surface area contributed by atoms with Gasteiger partial charge in [0.1, 0.15) is 0 Å². The molecule has 0 aromatic heterocycles. The summed E-state index contributed by atoms with van der Waals surface area (Å²) in [6.45, 7) is 5.03. The first-order chi connectivity index (χ1) is 18.6. The summed E-state index contributed by atoms with van der Waals surface area (Å²) in [5, 5.41) is 12.6. The molecule has 8 nitrogen and oxygen atoms in total. The summed E-state index contributed by atoms with van der Waals surface area (Å²) in [7, 11) is -7.84. The van der Waals surface area contributed by atoms with Gasteiger partial charge in [0.15, 0.2) is 27.3 Å². The maximum atomic E-state index is 13.7. The highest BCUT2D eigenvalue weighted by molar-refractivity contribution is 7.92. The molecule has 2 bridgehead atoms. The molecule has 2 aromatic rings. The van der Waals surface area contributed by atoms with Gasteiger partial charge in [-0.15, -0.1) is 6.58 Å². The maximum Gasteiger partial charge on any atom is 0.255 e. The van der Waals surface area contributed by atoms with E-state index in [0.29, 0.717) is 18.6 Å². The van der Waals surface area contributed by atoms with Crippen molar-refractivity contribution < 1.29 is 39.9 Å². The first kappa shape index (κ1) is 30.5. The predicted octanol–water partition coefficient (Wildman–Crippen LogP) is 4.05. The Morgan fingerprint density at radius 1 is 1.12 bits per heavy atom. The van der Waals surface area contributed by atoms with Crippen molar-refractivity contribution in [2.45, 2.75) is 41.9 Å². The summed E-state index contributed by atoms with van der Waals surface area (Å²) in [5.74, 6) is -7.06. The van der Waals surface area contributed by atoms with Crippen LogP contribution in [0.2, 0.25) is 5.02 Å². The Balaban J connectivity index is 1.57. The second-order valence-electron chi connectivity index (χ2n) is 10.4. The highest BCUT2D eigenvalue weighted by atomic mass is 35.5. The highest BCUT2D eigenvalue weighted by Gasteiger charge is 2.58. The lowest BCUT2D eigenvalue weighted by atomic mass is 9.73. The van der Waals surface area contributed by atoms with Crippen molar-refractivity contribution in [2.75, 3.05) is 17.6 Å². The Kier molecular flexibility index (Phi) is 8.46. The van der Waals surface area contributed by atoms with Crippen molar-refractivity contribution in [1.29, 1.82) is 0 Å². The molecular weight excluding hydrogens is 593 g/mol. The lowest BCUT2D eigenvalue weighted by Gasteiger charge is -2.43. The molecule has 0 spiro atoms. The fourth-order valence-electron chi connectivity index (χ4n) is 5.89. The van der Waals surface area contributed by atoms with Crippen molar-refractivity contribution >= 4 is 43.1 Å². The zero-order valence-corrected chi connectivity index (χ0v) is 23.7. The van der Waals surface area contributed by atoms with Gasteiger partial charge in [-0.3, -0.25) is 4.79 Å². The van der Waals surface area contributed by atoms with Crippen LogP contribution in [0.25, 0.3) is 0 Å². The third kappa shape index (κ3) is 5.80. The molecule has 0 radical (unpaired) electrons. The molecule has 2 aromatic carbocycles. The monoisotopic (exact) mass is 620 g/mol. The van der Waals surface area contributed by atoms with E-state index >= 15 is 0 Å². The van der Waals surface area contributed by atoms with Crippen molar-refractivity contribution in [3.05, 3.63) is 71.0 Å². The van der Waals surface area contributed by atoms with Gasteiger partial charge in [-0.2, -0.15) is 0 Å². The molecule has 1 amide bonds. The van der Waals surface area contributed by atoms with E-state index in [-0.39, 0.29) is 52.2 Å². The molecule has 14 heteroatoms. The number of sulfone groups is 1. The van der Waals surface area contributed by atoms with Crippen LogP contribution >= 0.6 is 11.6 Å². The van der Waals surface area contributed by atoms with Gasteiger partial charge >= 0.3 is 0 Å². The van der Waals surface area contributed by atoms with Crippen molar-refractivity contribution in [1.82, 2.24) is 4.72 Å². The Bertz CT molecular complexity index is 1550. The quantitative estimate of drug-likeness (QED) is 0.287. The lowest BCUT2D eigenvalue weighted by molar-refractivity contribution is -0.0576. The second-order valence-corrected chi connectivity index (χ2v) is 14.8. The van der Waals surface area contributed by atoms with Gasteiger partial charge in [0, 0.05) is 29.9 Å². The van der Waals surface area contributed by atoms with Gasteiger partial charge in [-0.1, -0.05) is 24.6 Å². The Morgan fingerprint density at radius 3 is 2.38 bits per heavy atom. The standard InChI is InChI=1S/C26H28ClF3N2O6S2/c1-3-6-39(35,36)31-13-26(34)16-7-14(2)19(26)12-18(9-16)40(37,38)23-8-15(4-5-20(23)27)25(33)32-17-10-21(28)24(30)22(29)11-17/h3-5,8,10-11,14,16,18-19,31,34H,1,6-7,9,12-13H2,2H3,(H,32,33)/t14-,16?,18+,19+,26+/m0/s1. The molecule has 5 atom stereocenters. The third-order valence-corrected chi connectivity index (χ3v) is 11.8. The van der Waals surface area contributed by atoms with Crippen LogP contribution in [0.15, 0.2) is 47.9 Å². The number of anilines is 1. The predicted molar refractivity (Wildman–Crippen MR) is 144 cm³/mol. The molecule has 40 heavy (non-hydrogen) atoms. The van der Waals surface area contributed by atoms with E-state index < -0.39 is 65.9 Å². The molecule has 0 heterocycles. The number of carbonyl (C=O) groups is 1. The van der Waals surface area contributed by atoms with Gasteiger partial charge in [-0.05, 0) is 55.2 Å². The normalized spacial score (nSPS) is 26.4. The Hall–Kier alpha value is -2.45. The first-order valence-electron chi connectivity index (χ1n) is 12.4. The molecule has 2 fully saturated rings. The number of halogens is 4. The van der Waals surface area contributed by atoms with Crippen LogP contribution in [0.1, 0.15) is 36.5 Å². The topological polar surface area (TPSA) is 130 Å². The lowest BCUT2D eigenvalue weighted by Crippen LogP contribution is -2.55. The van der Waals surface area contributed by atoms with Crippen LogP contribution in [0, 0.1) is 35.2 Å². The SMILES string of the molecule is C=CCS(=O)(=O)NC[C@@]1(O)C2C[C@@H](S(=O)(=O)c3cc(C(=O)Nc4cc(F)c(F)c(F)c4)ccc3Cl)C[C@@H]1[C@@H](C)C2. The first-order valence-corrected chi connectivity index (χ1v) is 16.0. The summed E-state index contributed by atoms with van der Waals surface area (Å²) < 4.78 is 94.5. The molecule has 1 unspecified atom stereocenters. The summed E-state index contributed by atoms with van der Waals surface area (Å²) in [6.07, 6.45) is 1.81. The smallest absolute Gasteiger partial charge is 0.255 e. The maximum absolute atomic E-state index is 13.7. The van der Waals surface area contributed by atoms with E-state index in [1.807, 2.05) is 6.92 Å². The number of benzene rings is 2. The van der Waals surface area contributed by atoms with Gasteiger partial charge in [-0.25, -0.2) is 34.7 Å². The minimum Gasteiger partial charge on any atom is -0.388 e. The Morgan fingerprint density at radius 2 is 1.77 bits per heavy atom. The number of sulfonamides is 1. The number of fused-ring (bicyclic) bond motifs is 2. The average Bonchev–Trinajstić information content (AvgIpc) is 2.99. The summed E-state index contributed by atoms with van der Waals surface area (Å²) >= 11 is 6.24. The minimum absolute atomic E-state index is 0.0422. The van der Waals surface area contributed by atoms with Crippen molar-refractivity contribution in [3.8, 4) is 0 Å². The number of rotatable bonds is 9. The molecule has 2 aliphatic rings. The number of nitrogens with one attached hydrogen (secondary N) is 2. The molecule has 3 N–H and O–H groups in total. The van der Waals surface area contributed by atoms with Gasteiger partial charge < -0.3 is 10.4 Å². The molecular formula is C26H28ClF3N2O6S2. The second kappa shape index (κ2) is 11.1.